The van der Waals surface area contributed by atoms with Crippen molar-refractivity contribution in [2.45, 2.75) is 84.7 Å². The molecule has 4 heterocycles. The fraction of sp³-hybridized carbons (Fsp3) is 0.360. The first-order chi connectivity index (χ1) is 33.9. The number of halogens is 6. The van der Waals surface area contributed by atoms with Crippen LogP contribution in [-0.4, -0.2) is 87.6 Å². The topological polar surface area (TPSA) is 170 Å². The number of aromatic nitrogens is 2. The number of benzene rings is 3. The first-order valence-corrected chi connectivity index (χ1v) is 23.7. The number of ether oxygens (including phenoxy) is 2. The van der Waals surface area contributed by atoms with E-state index in [1.165, 1.54) is 36.9 Å². The molecule has 378 valence electrons. The van der Waals surface area contributed by atoms with Gasteiger partial charge in [0.2, 0.25) is 17.7 Å². The lowest BCUT2D eigenvalue weighted by atomic mass is 9.85. The van der Waals surface area contributed by atoms with Crippen molar-refractivity contribution >= 4 is 63.7 Å². The molecule has 2 N–H and O–H groups in total. The summed E-state index contributed by atoms with van der Waals surface area (Å²) in [7, 11) is 0. The number of pyridine rings is 1. The minimum atomic E-state index is -5.28. The molecule has 0 spiro atoms. The van der Waals surface area contributed by atoms with Gasteiger partial charge in [0, 0.05) is 24.7 Å². The Kier molecular flexibility index (Phi) is 15.4. The van der Waals surface area contributed by atoms with Gasteiger partial charge in [-0.2, -0.15) is 18.4 Å². The number of aryl methyl sites for hydroxylation is 1. The third kappa shape index (κ3) is 10.9. The summed E-state index contributed by atoms with van der Waals surface area (Å²) in [5.74, 6) is -6.29. The first-order valence-electron chi connectivity index (χ1n) is 22.5. The van der Waals surface area contributed by atoms with E-state index < -0.39 is 92.9 Å². The zero-order valence-corrected chi connectivity index (χ0v) is 41.4. The van der Waals surface area contributed by atoms with E-state index in [-0.39, 0.29) is 48.4 Å². The predicted octanol–water partition coefficient (Wildman–Crippen LogP) is 8.64. The minimum absolute atomic E-state index is 0.0231. The van der Waals surface area contributed by atoms with Crippen molar-refractivity contribution in [1.29, 1.82) is 5.26 Å². The molecule has 14 nitrogen and oxygen atoms in total. The standard InChI is InChI=1S/C50H48F6N8O6S2/c1-27-42(72-26-60-27)29-11-9-28(10-12-29)23-59-44(66)36-8-7-17-62(36)45(67)43(48(2,3)4)61-38(65)25-69-18-19-70-37-16-14-30(20-33(37)51)41-34(52)21-32(24-58-41)64-47(71)63(46(68)49(64,5)6)35-15-13-31(22-57)39(40(35)53)50(54,55)56/h9-16,20-21,24,26,36,43H,7-8,17-19,23,25H2,1-6H3,(H,59,66)(H,61,65). The number of alkyl halides is 3. The molecular formula is C50H48F6N8O6S2. The van der Waals surface area contributed by atoms with Crippen molar-refractivity contribution < 1.29 is 55.0 Å². The summed E-state index contributed by atoms with van der Waals surface area (Å²) in [6.07, 6.45) is -3.10. The summed E-state index contributed by atoms with van der Waals surface area (Å²) < 4.78 is 98.8. The average molecular weight is 1040 g/mol. The molecule has 2 aliphatic rings. The lowest BCUT2D eigenvalue weighted by Gasteiger charge is -2.35. The Hall–Kier alpha value is -6.96. The van der Waals surface area contributed by atoms with Gasteiger partial charge in [-0.05, 0) is 92.7 Å². The van der Waals surface area contributed by atoms with E-state index in [9.17, 15) is 32.3 Å². The summed E-state index contributed by atoms with van der Waals surface area (Å²) in [4.78, 5) is 66.6. The van der Waals surface area contributed by atoms with Gasteiger partial charge in [-0.15, -0.1) is 11.3 Å². The van der Waals surface area contributed by atoms with Crippen LogP contribution in [0.25, 0.3) is 21.7 Å². The molecule has 7 rings (SSSR count). The number of amides is 4. The second-order valence-corrected chi connectivity index (χ2v) is 19.8. The van der Waals surface area contributed by atoms with Gasteiger partial charge in [-0.25, -0.2) is 18.2 Å². The zero-order valence-electron chi connectivity index (χ0n) is 39.7. The molecule has 2 aliphatic heterocycles. The average Bonchev–Trinajstić information content (AvgIpc) is 4.03. The van der Waals surface area contributed by atoms with Gasteiger partial charge in [0.1, 0.15) is 42.1 Å². The van der Waals surface area contributed by atoms with Crippen LogP contribution in [0.5, 0.6) is 5.75 Å². The van der Waals surface area contributed by atoms with Crippen molar-refractivity contribution in [3.8, 4) is 33.5 Å². The highest BCUT2D eigenvalue weighted by Gasteiger charge is 2.52. The smallest absolute Gasteiger partial charge is 0.420 e. The molecule has 0 bridgehead atoms. The highest BCUT2D eigenvalue weighted by molar-refractivity contribution is 7.81. The Morgan fingerprint density at radius 3 is 2.32 bits per heavy atom. The van der Waals surface area contributed by atoms with E-state index in [4.69, 9.17) is 27.0 Å². The number of nitriles is 1. The molecule has 2 atom stereocenters. The summed E-state index contributed by atoms with van der Waals surface area (Å²) in [6.45, 7) is 9.77. The van der Waals surface area contributed by atoms with Crippen molar-refractivity contribution in [2.24, 2.45) is 5.41 Å². The minimum Gasteiger partial charge on any atom is -0.488 e. The zero-order chi connectivity index (χ0) is 52.4. The maximum atomic E-state index is 15.8. The van der Waals surface area contributed by atoms with E-state index in [1.54, 1.807) is 37.6 Å². The summed E-state index contributed by atoms with van der Waals surface area (Å²) in [6, 6.07) is 13.4. The molecule has 0 radical (unpaired) electrons. The molecule has 22 heteroatoms. The monoisotopic (exact) mass is 1030 g/mol. The van der Waals surface area contributed by atoms with Crippen LogP contribution in [0.15, 0.2) is 72.4 Å². The molecular weight excluding hydrogens is 987 g/mol. The van der Waals surface area contributed by atoms with E-state index in [0.717, 1.165) is 51.0 Å². The third-order valence-corrected chi connectivity index (χ3v) is 13.5. The number of thiazole rings is 1. The Morgan fingerprint density at radius 2 is 1.69 bits per heavy atom. The maximum absolute atomic E-state index is 15.8. The SMILES string of the molecule is Cc1ncsc1-c1ccc(CNC(=O)C2CCCN2C(=O)C(NC(=O)COCCOc2ccc(-c3ncc(N4C(=S)N(c5ccc(C#N)c(C(F)(F)F)c5F)C(=O)C4(C)C)cc3F)cc2F)C(C)(C)C)cc1. The third-order valence-electron chi connectivity index (χ3n) is 12.1. The summed E-state index contributed by atoms with van der Waals surface area (Å²) >= 11 is 6.97. The van der Waals surface area contributed by atoms with Gasteiger partial charge in [-0.3, -0.25) is 29.1 Å². The van der Waals surface area contributed by atoms with Crippen molar-refractivity contribution in [1.82, 2.24) is 25.5 Å². The number of hydrogen-bond donors (Lipinski definition) is 2. The van der Waals surface area contributed by atoms with Crippen molar-refractivity contribution in [3.63, 3.8) is 0 Å². The van der Waals surface area contributed by atoms with Gasteiger partial charge in [0.05, 0.1) is 51.9 Å². The second kappa shape index (κ2) is 21.0. The fourth-order valence-corrected chi connectivity index (χ4v) is 9.76. The van der Waals surface area contributed by atoms with E-state index in [2.05, 4.69) is 20.6 Å². The molecule has 0 saturated carbocycles. The summed E-state index contributed by atoms with van der Waals surface area (Å²) in [5, 5.41) is 14.4. The number of carbonyl (C=O) groups excluding carboxylic acids is 4. The lowest BCUT2D eigenvalue weighted by molar-refractivity contribution is -0.144. The van der Waals surface area contributed by atoms with Crippen LogP contribution in [-0.2, 0) is 36.6 Å². The number of likely N-dealkylation sites (tertiary alicyclic amines) is 1. The van der Waals surface area contributed by atoms with Crippen molar-refractivity contribution in [2.75, 3.05) is 36.2 Å². The molecule has 3 aromatic carbocycles. The van der Waals surface area contributed by atoms with E-state index in [0.29, 0.717) is 30.4 Å². The van der Waals surface area contributed by atoms with Crippen LogP contribution in [0.4, 0.5) is 37.7 Å². The number of carbonyl (C=O) groups is 4. The Labute approximate surface area is 419 Å². The van der Waals surface area contributed by atoms with Crippen LogP contribution in [0.2, 0.25) is 0 Å². The normalized spacial score (nSPS) is 16.2. The Balaban J connectivity index is 0.909. The van der Waals surface area contributed by atoms with Gasteiger partial charge in [-0.1, -0.05) is 45.0 Å². The first kappa shape index (κ1) is 52.9. The molecule has 2 aromatic heterocycles. The molecule has 4 amide bonds. The van der Waals surface area contributed by atoms with E-state index >= 15 is 13.2 Å². The largest absolute Gasteiger partial charge is 0.488 e. The quantitative estimate of drug-likeness (QED) is 0.0585. The molecule has 5 aromatic rings. The number of nitrogens with zero attached hydrogens (tertiary/aromatic N) is 6. The predicted molar refractivity (Wildman–Crippen MR) is 259 cm³/mol. The maximum Gasteiger partial charge on any atom is 0.420 e. The van der Waals surface area contributed by atoms with Gasteiger partial charge in [0.25, 0.3) is 5.91 Å². The highest BCUT2D eigenvalue weighted by atomic mass is 32.1. The highest BCUT2D eigenvalue weighted by Crippen LogP contribution is 2.42. The fourth-order valence-electron chi connectivity index (χ4n) is 8.43. The number of rotatable bonds is 15. The number of thiocarbonyl (C=S) groups is 1. The number of hydrogen-bond acceptors (Lipinski definition) is 11. The Bertz CT molecular complexity index is 2970. The Morgan fingerprint density at radius 1 is 0.986 bits per heavy atom. The number of nitrogens with one attached hydrogen (secondary N) is 2. The molecule has 72 heavy (non-hydrogen) atoms. The summed E-state index contributed by atoms with van der Waals surface area (Å²) in [5.41, 5.74) is -1.98. The van der Waals surface area contributed by atoms with Crippen LogP contribution in [0.3, 0.4) is 0 Å². The van der Waals surface area contributed by atoms with Crippen LogP contribution in [0.1, 0.15) is 69.8 Å². The van der Waals surface area contributed by atoms with Gasteiger partial charge in [0.15, 0.2) is 28.3 Å². The number of anilines is 2. The molecule has 2 unspecified atom stereocenters. The lowest BCUT2D eigenvalue weighted by Crippen LogP contribution is -2.58. The molecule has 2 fully saturated rings. The van der Waals surface area contributed by atoms with Crippen molar-refractivity contribution in [3.05, 3.63) is 112 Å². The second-order valence-electron chi connectivity index (χ2n) is 18.6. The van der Waals surface area contributed by atoms with Crippen LogP contribution >= 0.6 is 23.6 Å². The molecule has 2 saturated heterocycles. The molecule has 0 aliphatic carbocycles. The van der Waals surface area contributed by atoms with Crippen LogP contribution < -0.4 is 25.2 Å². The van der Waals surface area contributed by atoms with E-state index in [1.807, 2.05) is 31.2 Å². The van der Waals surface area contributed by atoms with Gasteiger partial charge < -0.3 is 29.9 Å². The van der Waals surface area contributed by atoms with Gasteiger partial charge >= 0.3 is 6.18 Å². The van der Waals surface area contributed by atoms with Crippen LogP contribution in [0, 0.1) is 41.1 Å².